The molecule has 1 fully saturated rings. The number of aromatic nitrogens is 2. The minimum absolute atomic E-state index is 0.187. The normalized spacial score (nSPS) is 19.4. The molecule has 4 rings (SSSR count). The van der Waals surface area contributed by atoms with Crippen molar-refractivity contribution < 1.29 is 22.6 Å². The first-order chi connectivity index (χ1) is 13.4. The molecule has 0 amide bonds. The highest BCUT2D eigenvalue weighted by Crippen LogP contribution is 2.34. The van der Waals surface area contributed by atoms with E-state index in [1.54, 1.807) is 18.3 Å². The fraction of sp³-hybridized carbons (Fsp3) is 0.444. The summed E-state index contributed by atoms with van der Waals surface area (Å²) < 4.78 is 44.2. The molecule has 1 atom stereocenters. The quantitative estimate of drug-likeness (QED) is 0.730. The molecule has 10 heteroatoms. The van der Waals surface area contributed by atoms with Crippen molar-refractivity contribution >= 4 is 15.8 Å². The SMILES string of the molecule is CN(C)c1cncc(OC2CCN(S(=O)(=O)c3ccc4c(c3)OCCO4)C2)n1. The Morgan fingerprint density at radius 3 is 2.75 bits per heavy atom. The molecule has 1 unspecified atom stereocenters. The highest BCUT2D eigenvalue weighted by molar-refractivity contribution is 7.89. The van der Waals surface area contributed by atoms with Gasteiger partial charge in [-0.25, -0.2) is 8.42 Å². The van der Waals surface area contributed by atoms with Gasteiger partial charge >= 0.3 is 0 Å². The van der Waals surface area contributed by atoms with Gasteiger partial charge in [-0.2, -0.15) is 9.29 Å². The van der Waals surface area contributed by atoms with E-state index in [-0.39, 0.29) is 17.5 Å². The van der Waals surface area contributed by atoms with Crippen molar-refractivity contribution in [3.63, 3.8) is 0 Å². The number of hydrogen-bond acceptors (Lipinski definition) is 8. The zero-order valence-corrected chi connectivity index (χ0v) is 16.6. The number of anilines is 1. The highest BCUT2D eigenvalue weighted by Gasteiger charge is 2.34. The maximum absolute atomic E-state index is 13.0. The van der Waals surface area contributed by atoms with Gasteiger partial charge < -0.3 is 19.1 Å². The molecular weight excluding hydrogens is 384 g/mol. The molecule has 0 radical (unpaired) electrons. The van der Waals surface area contributed by atoms with Crippen LogP contribution in [0.25, 0.3) is 0 Å². The lowest BCUT2D eigenvalue weighted by Crippen LogP contribution is -2.31. The molecule has 0 spiro atoms. The van der Waals surface area contributed by atoms with E-state index >= 15 is 0 Å². The van der Waals surface area contributed by atoms with Crippen molar-refractivity contribution in [2.24, 2.45) is 0 Å². The highest BCUT2D eigenvalue weighted by atomic mass is 32.2. The Balaban J connectivity index is 1.46. The van der Waals surface area contributed by atoms with E-state index in [1.807, 2.05) is 19.0 Å². The Morgan fingerprint density at radius 1 is 1.18 bits per heavy atom. The van der Waals surface area contributed by atoms with Crippen molar-refractivity contribution in [3.05, 3.63) is 30.6 Å². The molecule has 0 aliphatic carbocycles. The second-order valence-electron chi connectivity index (χ2n) is 6.81. The molecule has 9 nitrogen and oxygen atoms in total. The third kappa shape index (κ3) is 3.69. The number of benzene rings is 1. The van der Waals surface area contributed by atoms with Gasteiger partial charge in [-0.15, -0.1) is 0 Å². The van der Waals surface area contributed by atoms with Gasteiger partial charge in [0.15, 0.2) is 17.3 Å². The van der Waals surface area contributed by atoms with Crippen LogP contribution in [-0.2, 0) is 10.0 Å². The fourth-order valence-corrected chi connectivity index (χ4v) is 4.63. The van der Waals surface area contributed by atoms with Crippen LogP contribution in [0.1, 0.15) is 6.42 Å². The van der Waals surface area contributed by atoms with Crippen LogP contribution >= 0.6 is 0 Å². The van der Waals surface area contributed by atoms with Gasteiger partial charge in [-0.3, -0.25) is 4.98 Å². The van der Waals surface area contributed by atoms with Gasteiger partial charge in [0.05, 0.1) is 23.8 Å². The Labute approximate surface area is 163 Å². The largest absolute Gasteiger partial charge is 0.486 e. The summed E-state index contributed by atoms with van der Waals surface area (Å²) >= 11 is 0. The van der Waals surface area contributed by atoms with E-state index in [9.17, 15) is 8.42 Å². The third-order valence-electron chi connectivity index (χ3n) is 4.60. The molecule has 2 aromatic rings. The first-order valence-corrected chi connectivity index (χ1v) is 10.4. The summed E-state index contributed by atoms with van der Waals surface area (Å²) in [6.45, 7) is 1.50. The van der Waals surface area contributed by atoms with E-state index in [4.69, 9.17) is 14.2 Å². The second kappa shape index (κ2) is 7.44. The third-order valence-corrected chi connectivity index (χ3v) is 6.47. The van der Waals surface area contributed by atoms with E-state index in [0.717, 1.165) is 0 Å². The van der Waals surface area contributed by atoms with Crippen molar-refractivity contribution in [1.82, 2.24) is 14.3 Å². The fourth-order valence-electron chi connectivity index (χ4n) is 3.13. The van der Waals surface area contributed by atoms with E-state index in [1.165, 1.54) is 16.6 Å². The van der Waals surface area contributed by atoms with Gasteiger partial charge in [0.2, 0.25) is 15.9 Å². The number of rotatable bonds is 5. The van der Waals surface area contributed by atoms with Crippen molar-refractivity contribution in [3.8, 4) is 17.4 Å². The number of fused-ring (bicyclic) bond motifs is 1. The second-order valence-corrected chi connectivity index (χ2v) is 8.74. The van der Waals surface area contributed by atoms with Crippen LogP contribution in [0.4, 0.5) is 5.82 Å². The minimum Gasteiger partial charge on any atom is -0.486 e. The Kier molecular flexibility index (Phi) is 4.98. The first-order valence-electron chi connectivity index (χ1n) is 8.99. The predicted octanol–water partition coefficient (Wildman–Crippen LogP) is 1.16. The van der Waals surface area contributed by atoms with Gasteiger partial charge in [-0.05, 0) is 18.6 Å². The van der Waals surface area contributed by atoms with Crippen molar-refractivity contribution in [1.29, 1.82) is 0 Å². The van der Waals surface area contributed by atoms with Gasteiger partial charge in [0.25, 0.3) is 0 Å². The zero-order valence-electron chi connectivity index (χ0n) is 15.7. The number of ether oxygens (including phenoxy) is 3. The molecule has 1 saturated heterocycles. The molecule has 2 aliphatic heterocycles. The standard InChI is InChI=1S/C18H22N4O5S/c1-21(2)17-10-19-11-18(20-17)27-13-5-6-22(12-13)28(23,24)14-3-4-15-16(9-14)26-8-7-25-15/h3-4,9-11,13H,5-8,12H2,1-2H3. The lowest BCUT2D eigenvalue weighted by atomic mass is 10.3. The smallest absolute Gasteiger partial charge is 0.243 e. The van der Waals surface area contributed by atoms with Gasteiger partial charge in [0, 0.05) is 26.7 Å². The van der Waals surface area contributed by atoms with Crippen LogP contribution < -0.4 is 19.1 Å². The summed E-state index contributed by atoms with van der Waals surface area (Å²) in [6.07, 6.45) is 3.47. The summed E-state index contributed by atoms with van der Waals surface area (Å²) in [5, 5.41) is 0. The summed E-state index contributed by atoms with van der Waals surface area (Å²) in [6, 6.07) is 4.70. The number of nitrogens with zero attached hydrogens (tertiary/aromatic N) is 4. The first kappa shape index (κ1) is 18.8. The molecule has 0 bridgehead atoms. The molecular formula is C18H22N4O5S. The molecule has 2 aliphatic rings. The van der Waals surface area contributed by atoms with Crippen LogP contribution in [0, 0.1) is 0 Å². The predicted molar refractivity (Wildman–Crippen MR) is 102 cm³/mol. The maximum atomic E-state index is 13.0. The molecule has 3 heterocycles. The van der Waals surface area contributed by atoms with Crippen molar-refractivity contribution in [2.45, 2.75) is 17.4 Å². The van der Waals surface area contributed by atoms with Crippen LogP contribution in [0.3, 0.4) is 0 Å². The molecule has 1 aromatic heterocycles. The summed E-state index contributed by atoms with van der Waals surface area (Å²) in [5.41, 5.74) is 0. The van der Waals surface area contributed by atoms with Crippen molar-refractivity contribution in [2.75, 3.05) is 45.3 Å². The van der Waals surface area contributed by atoms with E-state index in [0.29, 0.717) is 49.4 Å². The monoisotopic (exact) mass is 406 g/mol. The summed E-state index contributed by atoms with van der Waals surface area (Å²) in [4.78, 5) is 10.5. The Morgan fingerprint density at radius 2 is 1.96 bits per heavy atom. The van der Waals surface area contributed by atoms with Crippen LogP contribution in [0.5, 0.6) is 17.4 Å². The molecule has 0 N–H and O–H groups in total. The summed E-state index contributed by atoms with van der Waals surface area (Å²) in [5.74, 6) is 2.08. The van der Waals surface area contributed by atoms with Crippen LogP contribution in [0.2, 0.25) is 0 Å². The van der Waals surface area contributed by atoms with E-state index < -0.39 is 10.0 Å². The van der Waals surface area contributed by atoms with Gasteiger partial charge in [-0.1, -0.05) is 0 Å². The molecule has 150 valence electrons. The molecule has 28 heavy (non-hydrogen) atoms. The summed E-state index contributed by atoms with van der Waals surface area (Å²) in [7, 11) is 0.0867. The maximum Gasteiger partial charge on any atom is 0.243 e. The lowest BCUT2D eigenvalue weighted by molar-refractivity contribution is 0.171. The average Bonchev–Trinajstić information content (AvgIpc) is 3.17. The number of hydrogen-bond donors (Lipinski definition) is 0. The van der Waals surface area contributed by atoms with E-state index in [2.05, 4.69) is 9.97 Å². The van der Waals surface area contributed by atoms with Crippen LogP contribution in [-0.4, -0.2) is 69.2 Å². The van der Waals surface area contributed by atoms with Gasteiger partial charge in [0.1, 0.15) is 19.3 Å². The minimum atomic E-state index is -3.65. The molecule has 0 saturated carbocycles. The molecule has 1 aromatic carbocycles. The Bertz CT molecular complexity index is 966. The number of sulfonamides is 1. The average molecular weight is 406 g/mol. The zero-order chi connectivity index (χ0) is 19.7. The lowest BCUT2D eigenvalue weighted by Gasteiger charge is -2.21. The van der Waals surface area contributed by atoms with Crippen LogP contribution in [0.15, 0.2) is 35.5 Å². The Hall–Kier alpha value is -2.59. The topological polar surface area (TPSA) is 94.1 Å².